The number of aromatic nitrogens is 2. The lowest BCUT2D eigenvalue weighted by Crippen LogP contribution is -2.39. The van der Waals surface area contributed by atoms with E-state index in [1.807, 2.05) is 0 Å². The summed E-state index contributed by atoms with van der Waals surface area (Å²) in [5.41, 5.74) is 1.69. The van der Waals surface area contributed by atoms with Gasteiger partial charge in [-0.3, -0.25) is 15.0 Å². The smallest absolute Gasteiger partial charge is 0.301 e. The van der Waals surface area contributed by atoms with Gasteiger partial charge in [-0.1, -0.05) is 0 Å². The molecule has 0 fully saturated rings. The van der Waals surface area contributed by atoms with Crippen molar-refractivity contribution in [2.24, 2.45) is 5.84 Å². The molecule has 0 saturated carbocycles. The summed E-state index contributed by atoms with van der Waals surface area (Å²) in [5, 5.41) is 9.22. The quantitative estimate of drug-likeness (QED) is 0.209. The predicted octanol–water partition coefficient (Wildman–Crippen LogP) is -1.60. The Morgan fingerprint density at radius 2 is 2.15 bits per heavy atom. The summed E-state index contributed by atoms with van der Waals surface area (Å²) in [6.07, 6.45) is 1.44. The highest BCUT2D eigenvalue weighted by Gasteiger charge is 2.11. The third-order valence-corrected chi connectivity index (χ3v) is 1.15. The summed E-state index contributed by atoms with van der Waals surface area (Å²) < 4.78 is 0. The lowest BCUT2D eigenvalue weighted by molar-refractivity contribution is -0.136. The van der Waals surface area contributed by atoms with Gasteiger partial charge in [0.15, 0.2) is 5.82 Å². The van der Waals surface area contributed by atoms with E-state index < -0.39 is 11.8 Å². The number of amides is 2. The molecule has 68 valence electrons. The standard InChI is InChI=1S/C6H7N5O2/c7-10-6(13)5(12)9-4-2-1-3-8-11-4/h1-3H,7H2,(H,10,13)(H,9,11,12). The van der Waals surface area contributed by atoms with E-state index >= 15 is 0 Å². The molecule has 0 unspecified atom stereocenters. The van der Waals surface area contributed by atoms with Crippen LogP contribution in [0.5, 0.6) is 0 Å². The van der Waals surface area contributed by atoms with E-state index in [1.54, 1.807) is 11.5 Å². The Balaban J connectivity index is 2.60. The lowest BCUT2D eigenvalue weighted by Gasteiger charge is -2.00. The van der Waals surface area contributed by atoms with Gasteiger partial charge in [0.2, 0.25) is 0 Å². The number of hydrogen-bond donors (Lipinski definition) is 3. The van der Waals surface area contributed by atoms with Crippen LogP contribution in [0.4, 0.5) is 5.82 Å². The van der Waals surface area contributed by atoms with Crippen molar-refractivity contribution >= 4 is 17.6 Å². The molecule has 1 rings (SSSR count). The molecular formula is C6H7N5O2. The minimum absolute atomic E-state index is 0.191. The Hall–Kier alpha value is -2.02. The van der Waals surface area contributed by atoms with Gasteiger partial charge < -0.3 is 5.32 Å². The van der Waals surface area contributed by atoms with Crippen LogP contribution in [-0.2, 0) is 9.59 Å². The molecule has 0 atom stereocenters. The maximum atomic E-state index is 10.9. The summed E-state index contributed by atoms with van der Waals surface area (Å²) in [6, 6.07) is 3.07. The van der Waals surface area contributed by atoms with E-state index in [0.29, 0.717) is 0 Å². The number of rotatable bonds is 1. The number of nitrogens with zero attached hydrogens (tertiary/aromatic N) is 2. The first-order chi connectivity index (χ1) is 6.24. The molecule has 4 N–H and O–H groups in total. The van der Waals surface area contributed by atoms with Gasteiger partial charge in [-0.05, 0) is 12.1 Å². The molecule has 7 heteroatoms. The van der Waals surface area contributed by atoms with E-state index in [2.05, 4.69) is 15.5 Å². The number of nitrogens with one attached hydrogen (secondary N) is 2. The molecule has 1 heterocycles. The fourth-order valence-electron chi connectivity index (χ4n) is 0.607. The first-order valence-corrected chi connectivity index (χ1v) is 3.33. The summed E-state index contributed by atoms with van der Waals surface area (Å²) >= 11 is 0. The summed E-state index contributed by atoms with van der Waals surface area (Å²) in [4.78, 5) is 21.5. The molecule has 0 bridgehead atoms. The van der Waals surface area contributed by atoms with Crippen LogP contribution in [-0.4, -0.2) is 22.0 Å². The van der Waals surface area contributed by atoms with E-state index in [9.17, 15) is 9.59 Å². The molecule has 0 aliphatic rings. The number of carbonyl (C=O) groups excluding carboxylic acids is 2. The van der Waals surface area contributed by atoms with Gasteiger partial charge in [-0.15, -0.1) is 5.10 Å². The van der Waals surface area contributed by atoms with Crippen molar-refractivity contribution < 1.29 is 9.59 Å². The fraction of sp³-hybridized carbons (Fsp3) is 0. The summed E-state index contributed by atoms with van der Waals surface area (Å²) in [7, 11) is 0. The van der Waals surface area contributed by atoms with Crippen LogP contribution in [0.2, 0.25) is 0 Å². The molecule has 0 radical (unpaired) electrons. The Bertz CT molecular complexity index is 312. The average Bonchev–Trinajstić information content (AvgIpc) is 2.18. The molecule has 1 aromatic heterocycles. The van der Waals surface area contributed by atoms with Crippen molar-refractivity contribution in [1.29, 1.82) is 0 Å². The molecule has 7 nitrogen and oxygen atoms in total. The van der Waals surface area contributed by atoms with Crippen molar-refractivity contribution in [2.45, 2.75) is 0 Å². The van der Waals surface area contributed by atoms with Crippen LogP contribution in [0.25, 0.3) is 0 Å². The molecule has 1 aromatic rings. The molecular weight excluding hydrogens is 174 g/mol. The number of carbonyl (C=O) groups is 2. The molecule has 13 heavy (non-hydrogen) atoms. The van der Waals surface area contributed by atoms with Crippen molar-refractivity contribution in [2.75, 3.05) is 5.32 Å². The van der Waals surface area contributed by atoms with Crippen LogP contribution in [0.15, 0.2) is 18.3 Å². The van der Waals surface area contributed by atoms with Gasteiger partial charge in [0, 0.05) is 6.20 Å². The Labute approximate surface area is 73.3 Å². The second-order valence-electron chi connectivity index (χ2n) is 2.04. The predicted molar refractivity (Wildman–Crippen MR) is 43.0 cm³/mol. The van der Waals surface area contributed by atoms with E-state index in [1.165, 1.54) is 12.3 Å². The monoisotopic (exact) mass is 181 g/mol. The molecule has 0 spiro atoms. The minimum atomic E-state index is -0.939. The summed E-state index contributed by atoms with van der Waals surface area (Å²) in [6.45, 7) is 0. The minimum Gasteiger partial charge on any atom is -0.301 e. The van der Waals surface area contributed by atoms with Gasteiger partial charge in [0.1, 0.15) is 0 Å². The van der Waals surface area contributed by atoms with Crippen LogP contribution in [0.1, 0.15) is 0 Å². The molecule has 0 saturated heterocycles. The SMILES string of the molecule is NNC(=O)C(=O)Nc1cccnn1. The van der Waals surface area contributed by atoms with E-state index in [4.69, 9.17) is 5.84 Å². The highest BCUT2D eigenvalue weighted by Crippen LogP contribution is 1.96. The van der Waals surface area contributed by atoms with Crippen LogP contribution >= 0.6 is 0 Å². The van der Waals surface area contributed by atoms with Gasteiger partial charge in [-0.25, -0.2) is 5.84 Å². The van der Waals surface area contributed by atoms with Gasteiger partial charge >= 0.3 is 11.8 Å². The number of nitrogens with two attached hydrogens (primary N) is 1. The lowest BCUT2D eigenvalue weighted by atomic mass is 10.5. The van der Waals surface area contributed by atoms with Crippen LogP contribution in [0, 0.1) is 0 Å². The zero-order valence-electron chi connectivity index (χ0n) is 6.52. The molecule has 0 aliphatic carbocycles. The molecule has 0 aliphatic heterocycles. The highest BCUT2D eigenvalue weighted by atomic mass is 16.2. The first kappa shape index (κ1) is 9.07. The zero-order valence-corrected chi connectivity index (χ0v) is 6.52. The van der Waals surface area contributed by atoms with Gasteiger partial charge in [0.25, 0.3) is 0 Å². The largest absolute Gasteiger partial charge is 0.323 e. The molecule has 2 amide bonds. The topological polar surface area (TPSA) is 110 Å². The highest BCUT2D eigenvalue weighted by molar-refractivity contribution is 6.39. The second kappa shape index (κ2) is 4.12. The summed E-state index contributed by atoms with van der Waals surface area (Å²) in [5.74, 6) is 3.10. The maximum absolute atomic E-state index is 10.9. The van der Waals surface area contributed by atoms with E-state index in [-0.39, 0.29) is 5.82 Å². The Kier molecular flexibility index (Phi) is 2.87. The third-order valence-electron chi connectivity index (χ3n) is 1.15. The average molecular weight is 181 g/mol. The first-order valence-electron chi connectivity index (χ1n) is 3.33. The Morgan fingerprint density at radius 1 is 1.38 bits per heavy atom. The van der Waals surface area contributed by atoms with Crippen molar-refractivity contribution in [3.05, 3.63) is 18.3 Å². The third kappa shape index (κ3) is 2.49. The maximum Gasteiger partial charge on any atom is 0.323 e. The van der Waals surface area contributed by atoms with Gasteiger partial charge in [-0.2, -0.15) is 5.10 Å². The number of hydrogen-bond acceptors (Lipinski definition) is 5. The number of anilines is 1. The van der Waals surface area contributed by atoms with Crippen molar-refractivity contribution in [3.8, 4) is 0 Å². The molecule has 0 aromatic carbocycles. The van der Waals surface area contributed by atoms with Crippen molar-refractivity contribution in [1.82, 2.24) is 15.6 Å². The van der Waals surface area contributed by atoms with Crippen LogP contribution < -0.4 is 16.6 Å². The zero-order chi connectivity index (χ0) is 9.68. The second-order valence-corrected chi connectivity index (χ2v) is 2.04. The van der Waals surface area contributed by atoms with Gasteiger partial charge in [0.05, 0.1) is 0 Å². The van der Waals surface area contributed by atoms with Crippen molar-refractivity contribution in [3.63, 3.8) is 0 Å². The Morgan fingerprint density at radius 3 is 2.69 bits per heavy atom. The fourth-order valence-corrected chi connectivity index (χ4v) is 0.607. The number of hydrazine groups is 1. The van der Waals surface area contributed by atoms with E-state index in [0.717, 1.165) is 0 Å². The van der Waals surface area contributed by atoms with Crippen LogP contribution in [0.3, 0.4) is 0 Å². The normalized spacial score (nSPS) is 9.00.